The Morgan fingerprint density at radius 2 is 2.03 bits per heavy atom. The fraction of sp³-hybridized carbons (Fsp3) is 0.385. The molecule has 1 fully saturated rings. The number of fused-ring (bicyclic) bond motifs is 1. The van der Waals surface area contributed by atoms with E-state index in [0.29, 0.717) is 36.0 Å². The molecule has 4 heterocycles. The Morgan fingerprint density at radius 3 is 2.77 bits per heavy atom. The number of pyridine rings is 1. The van der Waals surface area contributed by atoms with Crippen molar-refractivity contribution < 1.29 is 17.6 Å². The molecule has 2 atom stereocenters. The van der Waals surface area contributed by atoms with Crippen LogP contribution in [0.1, 0.15) is 47.1 Å². The number of rotatable bonds is 7. The number of sulfonamides is 1. The minimum Gasteiger partial charge on any atom is -0.336 e. The van der Waals surface area contributed by atoms with Gasteiger partial charge in [0, 0.05) is 60.9 Å². The first kappa shape index (κ1) is 27.4. The maximum Gasteiger partial charge on any atom is 0.254 e. The molecular formula is C26H29ClFN7O3S. The lowest BCUT2D eigenvalue weighted by Crippen LogP contribution is -2.50. The summed E-state index contributed by atoms with van der Waals surface area (Å²) in [5.74, 6) is -0.204. The highest BCUT2D eigenvalue weighted by atomic mass is 35.5. The molecule has 5 rings (SSSR count). The van der Waals surface area contributed by atoms with E-state index in [9.17, 15) is 17.6 Å². The standard InChI is InChI=1S/C26H29ClFN7O3S/c1-16-9-21(6-8-35(16)25(36)17-5-7-29-20(10-17)13-31-39(2,37)38)34-14-18-12-30-26(33-24(18)15-34)32-19-3-4-22(27)23(28)11-19/h3-5,7,10-12,16,21,31H,6,8-9,13-15H2,1-2H3,(H,30,32,33)/t16-,21-/m1/s1. The second kappa shape index (κ2) is 11.1. The van der Waals surface area contributed by atoms with Crippen LogP contribution in [0, 0.1) is 5.82 Å². The van der Waals surface area contributed by atoms with Gasteiger partial charge in [-0.25, -0.2) is 27.5 Å². The molecule has 10 nitrogen and oxygen atoms in total. The van der Waals surface area contributed by atoms with Crippen molar-refractivity contribution in [1.82, 2.24) is 29.5 Å². The largest absolute Gasteiger partial charge is 0.336 e. The molecule has 1 amide bonds. The third-order valence-corrected chi connectivity index (χ3v) is 8.04. The molecule has 1 saturated heterocycles. The first-order chi connectivity index (χ1) is 18.6. The van der Waals surface area contributed by atoms with Gasteiger partial charge in [-0.2, -0.15) is 0 Å². The lowest BCUT2D eigenvalue weighted by molar-refractivity contribution is 0.0460. The molecule has 2 N–H and O–H groups in total. The van der Waals surface area contributed by atoms with Crippen molar-refractivity contribution in [1.29, 1.82) is 0 Å². The van der Waals surface area contributed by atoms with Crippen LogP contribution in [0.25, 0.3) is 0 Å². The zero-order chi connectivity index (χ0) is 27.7. The number of piperidine rings is 1. The summed E-state index contributed by atoms with van der Waals surface area (Å²) >= 11 is 5.76. The number of benzene rings is 1. The van der Waals surface area contributed by atoms with E-state index in [-0.39, 0.29) is 29.6 Å². The number of likely N-dealkylation sites (tertiary alicyclic amines) is 1. The number of carbonyl (C=O) groups excluding carboxylic acids is 1. The molecule has 0 radical (unpaired) electrons. The van der Waals surface area contributed by atoms with Crippen LogP contribution in [0.5, 0.6) is 0 Å². The third-order valence-electron chi connectivity index (χ3n) is 7.06. The fourth-order valence-electron chi connectivity index (χ4n) is 5.06. The van der Waals surface area contributed by atoms with E-state index in [1.807, 2.05) is 11.8 Å². The highest BCUT2D eigenvalue weighted by Gasteiger charge is 2.35. The Bertz CT molecular complexity index is 1510. The third kappa shape index (κ3) is 6.52. The van der Waals surface area contributed by atoms with Crippen LogP contribution in [0.15, 0.2) is 42.7 Å². The molecule has 0 bridgehead atoms. The van der Waals surface area contributed by atoms with E-state index in [0.717, 1.165) is 36.9 Å². The minimum atomic E-state index is -3.36. The Balaban J connectivity index is 1.19. The van der Waals surface area contributed by atoms with Gasteiger partial charge in [0.2, 0.25) is 16.0 Å². The zero-order valence-corrected chi connectivity index (χ0v) is 23.1. The lowest BCUT2D eigenvalue weighted by Gasteiger charge is -2.41. The summed E-state index contributed by atoms with van der Waals surface area (Å²) in [4.78, 5) is 30.7. The van der Waals surface area contributed by atoms with Gasteiger partial charge >= 0.3 is 0 Å². The summed E-state index contributed by atoms with van der Waals surface area (Å²) in [6, 6.07) is 8.06. The van der Waals surface area contributed by atoms with Crippen LogP contribution in [0.4, 0.5) is 16.0 Å². The monoisotopic (exact) mass is 573 g/mol. The number of nitrogens with zero attached hydrogens (tertiary/aromatic N) is 5. The summed E-state index contributed by atoms with van der Waals surface area (Å²) in [5.41, 5.74) is 3.48. The van der Waals surface area contributed by atoms with Crippen molar-refractivity contribution in [2.24, 2.45) is 0 Å². The number of amides is 1. The Hall–Kier alpha value is -3.19. The second-order valence-electron chi connectivity index (χ2n) is 9.98. The smallest absolute Gasteiger partial charge is 0.254 e. The maximum atomic E-state index is 13.8. The van der Waals surface area contributed by atoms with Crippen molar-refractivity contribution in [3.05, 3.63) is 76.1 Å². The number of carbonyl (C=O) groups is 1. The van der Waals surface area contributed by atoms with Gasteiger partial charge in [-0.3, -0.25) is 14.7 Å². The van der Waals surface area contributed by atoms with Crippen molar-refractivity contribution in [3.8, 4) is 0 Å². The summed E-state index contributed by atoms with van der Waals surface area (Å²) in [7, 11) is -3.36. The molecule has 0 unspecified atom stereocenters. The molecule has 2 aromatic heterocycles. The second-order valence-corrected chi connectivity index (χ2v) is 12.2. The Morgan fingerprint density at radius 1 is 1.21 bits per heavy atom. The van der Waals surface area contributed by atoms with Crippen LogP contribution in [-0.4, -0.2) is 64.0 Å². The van der Waals surface area contributed by atoms with Crippen molar-refractivity contribution in [3.63, 3.8) is 0 Å². The molecule has 2 aliphatic heterocycles. The number of nitrogens with one attached hydrogen (secondary N) is 2. The van der Waals surface area contributed by atoms with Crippen molar-refractivity contribution >= 4 is 39.2 Å². The zero-order valence-electron chi connectivity index (χ0n) is 21.6. The highest BCUT2D eigenvalue weighted by Crippen LogP contribution is 2.31. The van der Waals surface area contributed by atoms with Crippen LogP contribution in [0.3, 0.4) is 0 Å². The average Bonchev–Trinajstić information content (AvgIpc) is 3.32. The van der Waals surface area contributed by atoms with Gasteiger partial charge < -0.3 is 10.2 Å². The van der Waals surface area contributed by atoms with Crippen molar-refractivity contribution in [2.45, 2.75) is 51.5 Å². The maximum absolute atomic E-state index is 13.8. The molecule has 0 aliphatic carbocycles. The number of halogens is 2. The molecular weight excluding hydrogens is 545 g/mol. The minimum absolute atomic E-state index is 0.0221. The van der Waals surface area contributed by atoms with Gasteiger partial charge in [-0.05, 0) is 50.1 Å². The quantitative estimate of drug-likeness (QED) is 0.441. The van der Waals surface area contributed by atoms with Gasteiger partial charge in [0.1, 0.15) is 5.82 Å². The SMILES string of the molecule is C[C@@H]1C[C@H](N2Cc3cnc(Nc4ccc(Cl)c(F)c4)nc3C2)CCN1C(=O)c1ccnc(CNS(C)(=O)=O)c1. The van der Waals surface area contributed by atoms with Gasteiger partial charge in [0.15, 0.2) is 0 Å². The molecule has 39 heavy (non-hydrogen) atoms. The van der Waals surface area contributed by atoms with E-state index in [1.165, 1.54) is 18.3 Å². The number of hydrogen-bond donors (Lipinski definition) is 2. The van der Waals surface area contributed by atoms with Crippen LogP contribution >= 0.6 is 11.6 Å². The van der Waals surface area contributed by atoms with E-state index in [2.05, 4.69) is 29.9 Å². The predicted molar refractivity (Wildman–Crippen MR) is 145 cm³/mol. The van der Waals surface area contributed by atoms with E-state index >= 15 is 0 Å². The first-order valence-electron chi connectivity index (χ1n) is 12.6. The number of anilines is 2. The number of aromatic nitrogens is 3. The topological polar surface area (TPSA) is 120 Å². The van der Waals surface area contributed by atoms with Gasteiger partial charge in [-0.1, -0.05) is 11.6 Å². The summed E-state index contributed by atoms with van der Waals surface area (Å²) < 4.78 is 39.0. The van der Waals surface area contributed by atoms with Crippen LogP contribution in [-0.2, 0) is 29.7 Å². The van der Waals surface area contributed by atoms with Crippen LogP contribution in [0.2, 0.25) is 5.02 Å². The van der Waals surface area contributed by atoms with E-state index in [4.69, 9.17) is 11.6 Å². The number of hydrogen-bond acceptors (Lipinski definition) is 8. The summed E-state index contributed by atoms with van der Waals surface area (Å²) in [5, 5.41) is 3.09. The molecule has 0 saturated carbocycles. The molecule has 2 aliphatic rings. The first-order valence-corrected chi connectivity index (χ1v) is 14.8. The fourth-order valence-corrected chi connectivity index (χ4v) is 5.59. The van der Waals surface area contributed by atoms with E-state index < -0.39 is 15.8 Å². The lowest BCUT2D eigenvalue weighted by atomic mass is 9.96. The molecule has 0 spiro atoms. The Kier molecular flexibility index (Phi) is 7.81. The summed E-state index contributed by atoms with van der Waals surface area (Å²) in [6.45, 7) is 4.10. The summed E-state index contributed by atoms with van der Waals surface area (Å²) in [6.07, 6.45) is 6.05. The molecule has 1 aromatic carbocycles. The molecule has 13 heteroatoms. The Labute approximate surface area is 231 Å². The predicted octanol–water partition coefficient (Wildman–Crippen LogP) is 3.47. The average molecular weight is 574 g/mol. The van der Waals surface area contributed by atoms with Crippen molar-refractivity contribution in [2.75, 3.05) is 18.1 Å². The molecule has 206 valence electrons. The highest BCUT2D eigenvalue weighted by molar-refractivity contribution is 7.88. The van der Waals surface area contributed by atoms with Crippen LogP contribution < -0.4 is 10.0 Å². The van der Waals surface area contributed by atoms with Gasteiger partial charge in [-0.15, -0.1) is 0 Å². The normalized spacial score (nSPS) is 19.6. The van der Waals surface area contributed by atoms with E-state index in [1.54, 1.807) is 24.4 Å². The van der Waals surface area contributed by atoms with Gasteiger partial charge in [0.25, 0.3) is 5.91 Å². The van der Waals surface area contributed by atoms with Gasteiger partial charge in [0.05, 0.1) is 29.2 Å². The molecule has 3 aromatic rings.